The Balaban J connectivity index is 1.49. The van der Waals surface area contributed by atoms with Gasteiger partial charge in [0.25, 0.3) is 5.91 Å². The van der Waals surface area contributed by atoms with Crippen molar-refractivity contribution in [1.82, 2.24) is 14.9 Å². The van der Waals surface area contributed by atoms with Crippen LogP contribution in [0.3, 0.4) is 0 Å². The molecule has 2 aliphatic heterocycles. The predicted octanol–water partition coefficient (Wildman–Crippen LogP) is 3.39. The molecule has 0 saturated carbocycles. The minimum atomic E-state index is -4.44. The number of amides is 1. The molecule has 6 nitrogen and oxygen atoms in total. The van der Waals surface area contributed by atoms with Crippen molar-refractivity contribution in [1.29, 1.82) is 0 Å². The van der Waals surface area contributed by atoms with E-state index in [1.54, 1.807) is 5.38 Å². The van der Waals surface area contributed by atoms with Crippen molar-refractivity contribution in [3.8, 4) is 0 Å². The van der Waals surface area contributed by atoms with Crippen LogP contribution >= 0.6 is 11.3 Å². The summed E-state index contributed by atoms with van der Waals surface area (Å²) in [5.74, 6) is -0.432. The Hall–Kier alpha value is -1.95. The van der Waals surface area contributed by atoms with E-state index in [4.69, 9.17) is 0 Å². The molecule has 1 aromatic carbocycles. The second-order valence-electron chi connectivity index (χ2n) is 8.04. The fraction of sp³-hybridized carbons (Fsp3) is 0.476. The summed E-state index contributed by atoms with van der Waals surface area (Å²) in [6.07, 6.45) is -1.11. The van der Waals surface area contributed by atoms with Crippen molar-refractivity contribution in [3.63, 3.8) is 0 Å². The average molecular weight is 488 g/mol. The lowest BCUT2D eigenvalue weighted by molar-refractivity contribution is -0.137. The fourth-order valence-electron chi connectivity index (χ4n) is 4.11. The number of rotatable bonds is 5. The van der Waals surface area contributed by atoms with Crippen LogP contribution in [0, 0.1) is 0 Å². The molecule has 0 bridgehead atoms. The zero-order valence-corrected chi connectivity index (χ0v) is 18.9. The van der Waals surface area contributed by atoms with E-state index < -0.39 is 27.7 Å². The van der Waals surface area contributed by atoms with Crippen molar-refractivity contribution in [2.24, 2.45) is 0 Å². The number of benzene rings is 1. The van der Waals surface area contributed by atoms with Gasteiger partial charge in [-0.05, 0) is 60.5 Å². The first-order valence-corrected chi connectivity index (χ1v) is 12.8. The minimum Gasteiger partial charge on any atom is -0.350 e. The summed E-state index contributed by atoms with van der Waals surface area (Å²) < 4.78 is 66.7. The molecule has 1 aromatic heterocycles. The molecule has 1 saturated heterocycles. The average Bonchev–Trinajstić information content (AvgIpc) is 3.28. The highest BCUT2D eigenvalue weighted by Crippen LogP contribution is 2.34. The third kappa shape index (κ3) is 4.85. The fourth-order valence-corrected chi connectivity index (χ4v) is 6.84. The Kier molecular flexibility index (Phi) is 6.62. The molecule has 1 atom stereocenters. The summed E-state index contributed by atoms with van der Waals surface area (Å²) in [6, 6.07) is 4.97. The number of nitrogens with zero attached hydrogens (tertiary/aromatic N) is 1. The van der Waals surface area contributed by atoms with E-state index in [1.165, 1.54) is 16.4 Å². The SMILES string of the molecule is O=C(NC[C@H]1CCCCN1)c1sccc1S(=O)(=O)N1CCc2cc(C(F)(F)F)ccc2C1. The molecule has 0 unspecified atom stereocenters. The molecule has 1 fully saturated rings. The molecule has 174 valence electrons. The molecule has 2 aliphatic rings. The van der Waals surface area contributed by atoms with Gasteiger partial charge in [0, 0.05) is 25.7 Å². The Morgan fingerprint density at radius 2 is 2.03 bits per heavy atom. The largest absolute Gasteiger partial charge is 0.416 e. The summed E-state index contributed by atoms with van der Waals surface area (Å²) in [5, 5.41) is 7.72. The van der Waals surface area contributed by atoms with Gasteiger partial charge in [-0.1, -0.05) is 12.5 Å². The molecular formula is C21H24F3N3O3S2. The van der Waals surface area contributed by atoms with E-state index in [9.17, 15) is 26.4 Å². The smallest absolute Gasteiger partial charge is 0.350 e. The van der Waals surface area contributed by atoms with E-state index >= 15 is 0 Å². The van der Waals surface area contributed by atoms with E-state index in [1.807, 2.05) is 0 Å². The molecule has 0 aliphatic carbocycles. The predicted molar refractivity (Wildman–Crippen MR) is 115 cm³/mol. The van der Waals surface area contributed by atoms with E-state index in [0.29, 0.717) is 17.7 Å². The highest BCUT2D eigenvalue weighted by atomic mass is 32.2. The maximum Gasteiger partial charge on any atom is 0.416 e. The molecule has 1 amide bonds. The van der Waals surface area contributed by atoms with Gasteiger partial charge in [0.15, 0.2) is 0 Å². The number of thiophene rings is 1. The maximum atomic E-state index is 13.3. The van der Waals surface area contributed by atoms with Gasteiger partial charge in [-0.3, -0.25) is 4.79 Å². The third-order valence-corrected chi connectivity index (χ3v) is 8.82. The second kappa shape index (κ2) is 9.12. The van der Waals surface area contributed by atoms with Crippen molar-refractivity contribution in [2.75, 3.05) is 19.6 Å². The minimum absolute atomic E-state index is 0.0291. The van der Waals surface area contributed by atoms with Crippen molar-refractivity contribution < 1.29 is 26.4 Å². The molecule has 2 aromatic rings. The van der Waals surface area contributed by atoms with Gasteiger partial charge in [-0.2, -0.15) is 17.5 Å². The normalized spacial score (nSPS) is 20.0. The molecule has 11 heteroatoms. The number of sulfonamides is 1. The number of hydrogen-bond donors (Lipinski definition) is 2. The maximum absolute atomic E-state index is 13.3. The first-order chi connectivity index (χ1) is 15.2. The molecule has 0 spiro atoms. The van der Waals surface area contributed by atoms with Gasteiger partial charge in [0.05, 0.1) is 5.56 Å². The number of carbonyl (C=O) groups excluding carboxylic acids is 1. The van der Waals surface area contributed by atoms with E-state index in [-0.39, 0.29) is 35.3 Å². The lowest BCUT2D eigenvalue weighted by atomic mass is 9.98. The van der Waals surface area contributed by atoms with Crippen molar-refractivity contribution in [3.05, 3.63) is 51.2 Å². The van der Waals surface area contributed by atoms with Gasteiger partial charge >= 0.3 is 6.18 Å². The van der Waals surface area contributed by atoms with Crippen LogP contribution in [0.4, 0.5) is 13.2 Å². The number of alkyl halides is 3. The van der Waals surface area contributed by atoms with E-state index in [0.717, 1.165) is 49.3 Å². The van der Waals surface area contributed by atoms with Crippen LogP contribution in [0.15, 0.2) is 34.5 Å². The summed E-state index contributed by atoms with van der Waals surface area (Å²) >= 11 is 1.06. The van der Waals surface area contributed by atoms with Gasteiger partial charge in [-0.25, -0.2) is 8.42 Å². The van der Waals surface area contributed by atoms with Crippen LogP contribution in [-0.2, 0) is 29.2 Å². The number of fused-ring (bicyclic) bond motifs is 1. The highest BCUT2D eigenvalue weighted by Gasteiger charge is 2.35. The van der Waals surface area contributed by atoms with Crippen LogP contribution < -0.4 is 10.6 Å². The molecule has 0 radical (unpaired) electrons. The summed E-state index contributed by atoms with van der Waals surface area (Å²) in [4.78, 5) is 12.8. The molecule has 2 N–H and O–H groups in total. The first-order valence-electron chi connectivity index (χ1n) is 10.4. The third-order valence-electron chi connectivity index (χ3n) is 5.89. The lowest BCUT2D eigenvalue weighted by Gasteiger charge is -2.28. The molecule has 4 rings (SSSR count). The summed E-state index contributed by atoms with van der Waals surface area (Å²) in [6.45, 7) is 1.35. The topological polar surface area (TPSA) is 78.5 Å². The quantitative estimate of drug-likeness (QED) is 0.678. The Morgan fingerprint density at radius 3 is 2.75 bits per heavy atom. The highest BCUT2D eigenvalue weighted by molar-refractivity contribution is 7.89. The van der Waals surface area contributed by atoms with Crippen LogP contribution in [0.2, 0.25) is 0 Å². The molecule has 3 heterocycles. The first kappa shape index (κ1) is 23.2. The van der Waals surface area contributed by atoms with Gasteiger partial charge in [-0.15, -0.1) is 11.3 Å². The number of nitrogens with one attached hydrogen (secondary N) is 2. The standard InChI is InChI=1S/C21H24F3N3O3S2/c22-21(23,24)16-5-4-15-13-27(9-6-14(15)11-16)32(29,30)18-7-10-31-19(18)20(28)26-12-17-3-1-2-8-25-17/h4-5,7,10-11,17,25H,1-3,6,8-9,12-13H2,(H,26,28)/t17-/m1/s1. The zero-order chi connectivity index (χ0) is 22.9. The summed E-state index contributed by atoms with van der Waals surface area (Å²) in [7, 11) is -3.97. The molecule has 32 heavy (non-hydrogen) atoms. The second-order valence-corrected chi connectivity index (χ2v) is 10.9. The van der Waals surface area contributed by atoms with Gasteiger partial charge in [0.2, 0.25) is 10.0 Å². The molecular weight excluding hydrogens is 463 g/mol. The Morgan fingerprint density at radius 1 is 1.22 bits per heavy atom. The number of piperidine rings is 1. The summed E-state index contributed by atoms with van der Waals surface area (Å²) in [5.41, 5.74) is 0.295. The number of carbonyl (C=O) groups is 1. The van der Waals surface area contributed by atoms with Crippen LogP contribution in [-0.4, -0.2) is 44.3 Å². The number of hydrogen-bond acceptors (Lipinski definition) is 5. The van der Waals surface area contributed by atoms with Gasteiger partial charge < -0.3 is 10.6 Å². The Labute approximate surface area is 188 Å². The van der Waals surface area contributed by atoms with Crippen molar-refractivity contribution >= 4 is 27.3 Å². The van der Waals surface area contributed by atoms with Crippen molar-refractivity contribution in [2.45, 2.75) is 49.3 Å². The van der Waals surface area contributed by atoms with Crippen LogP contribution in [0.1, 0.15) is 45.6 Å². The number of halogens is 3. The van der Waals surface area contributed by atoms with Crippen LogP contribution in [0.5, 0.6) is 0 Å². The monoisotopic (exact) mass is 487 g/mol. The van der Waals surface area contributed by atoms with Crippen LogP contribution in [0.25, 0.3) is 0 Å². The van der Waals surface area contributed by atoms with E-state index in [2.05, 4.69) is 10.6 Å². The zero-order valence-electron chi connectivity index (χ0n) is 17.2. The van der Waals surface area contributed by atoms with Gasteiger partial charge in [0.1, 0.15) is 9.77 Å². The Bertz CT molecular complexity index is 1090. The lowest BCUT2D eigenvalue weighted by Crippen LogP contribution is -2.43.